The fourth-order valence-corrected chi connectivity index (χ4v) is 3.29. The molecule has 8 nitrogen and oxygen atoms in total. The minimum Gasteiger partial charge on any atom is -0.465 e. The summed E-state index contributed by atoms with van der Waals surface area (Å²) in [6, 6.07) is 3.92. The minimum atomic E-state index is -0.494. The van der Waals surface area contributed by atoms with Gasteiger partial charge in [-0.1, -0.05) is 0 Å². The van der Waals surface area contributed by atoms with Crippen LogP contribution in [0.5, 0.6) is 0 Å². The van der Waals surface area contributed by atoms with E-state index in [4.69, 9.17) is 14.2 Å². The van der Waals surface area contributed by atoms with E-state index >= 15 is 0 Å². The number of aryl methyl sites for hydroxylation is 1. The van der Waals surface area contributed by atoms with Crippen molar-refractivity contribution in [3.05, 3.63) is 22.9 Å². The number of hydrogen-bond donors (Lipinski definition) is 0. The largest absolute Gasteiger partial charge is 0.465 e. The van der Waals surface area contributed by atoms with Crippen molar-refractivity contribution < 1.29 is 19.0 Å². The van der Waals surface area contributed by atoms with E-state index in [-0.39, 0.29) is 18.2 Å². The summed E-state index contributed by atoms with van der Waals surface area (Å²) < 4.78 is 16.8. The van der Waals surface area contributed by atoms with E-state index < -0.39 is 5.97 Å². The Morgan fingerprint density at radius 2 is 1.96 bits per heavy atom. The summed E-state index contributed by atoms with van der Waals surface area (Å²) in [5.41, 5.74) is 1.19. The number of likely N-dealkylation sites (N-methyl/N-ethyl adjacent to an activating group) is 1. The van der Waals surface area contributed by atoms with E-state index in [0.717, 1.165) is 0 Å². The van der Waals surface area contributed by atoms with Crippen LogP contribution in [0.25, 0.3) is 0 Å². The third kappa shape index (κ3) is 3.51. The van der Waals surface area contributed by atoms with Gasteiger partial charge in [0.25, 0.3) is 0 Å². The van der Waals surface area contributed by atoms with Crippen molar-refractivity contribution in [1.29, 1.82) is 5.26 Å². The summed E-state index contributed by atoms with van der Waals surface area (Å²) in [6.45, 7) is 4.16. The summed E-state index contributed by atoms with van der Waals surface area (Å²) in [7, 11) is 5.34. The lowest BCUT2D eigenvalue weighted by Crippen LogP contribution is -2.36. The molecule has 0 amide bonds. The first-order valence-corrected chi connectivity index (χ1v) is 8.59. The molecule has 2 fully saturated rings. The Morgan fingerprint density at radius 1 is 1.35 bits per heavy atom. The van der Waals surface area contributed by atoms with Crippen molar-refractivity contribution in [1.82, 2.24) is 9.88 Å². The Morgan fingerprint density at radius 3 is 2.46 bits per heavy atom. The third-order valence-corrected chi connectivity index (χ3v) is 4.97. The van der Waals surface area contributed by atoms with Crippen LogP contribution in [0.15, 0.2) is 6.07 Å². The lowest BCUT2D eigenvalue weighted by atomic mass is 10.1. The Balaban J connectivity index is 1.80. The van der Waals surface area contributed by atoms with Gasteiger partial charge in [0.05, 0.1) is 43.2 Å². The highest BCUT2D eigenvalue weighted by Gasteiger charge is 2.39. The van der Waals surface area contributed by atoms with E-state index in [2.05, 4.69) is 16.0 Å². The quantitative estimate of drug-likeness (QED) is 0.724. The van der Waals surface area contributed by atoms with E-state index in [9.17, 15) is 10.1 Å². The van der Waals surface area contributed by atoms with Gasteiger partial charge in [-0.25, -0.2) is 9.78 Å². The van der Waals surface area contributed by atoms with Crippen molar-refractivity contribution in [3.8, 4) is 6.07 Å². The molecule has 2 aliphatic rings. The van der Waals surface area contributed by atoms with Crippen LogP contribution < -0.4 is 4.90 Å². The van der Waals surface area contributed by atoms with Crippen molar-refractivity contribution >= 4 is 11.8 Å². The molecule has 0 aliphatic carbocycles. The van der Waals surface area contributed by atoms with Gasteiger partial charge in [-0.2, -0.15) is 5.26 Å². The maximum Gasteiger partial charge on any atom is 0.339 e. The van der Waals surface area contributed by atoms with Crippen molar-refractivity contribution in [2.75, 3.05) is 52.4 Å². The van der Waals surface area contributed by atoms with E-state index in [1.165, 1.54) is 7.11 Å². The number of fused-ring (bicyclic) bond motifs is 1. The molecule has 26 heavy (non-hydrogen) atoms. The van der Waals surface area contributed by atoms with Gasteiger partial charge in [0, 0.05) is 13.1 Å². The van der Waals surface area contributed by atoms with Crippen LogP contribution in [0, 0.1) is 18.3 Å². The molecule has 0 saturated carbocycles. The zero-order chi connectivity index (χ0) is 18.8. The number of hydrogen-bond acceptors (Lipinski definition) is 8. The number of anilines is 1. The molecule has 0 N–H and O–H groups in total. The van der Waals surface area contributed by atoms with Crippen molar-refractivity contribution in [2.24, 2.45) is 0 Å². The first-order chi connectivity index (χ1) is 12.4. The first-order valence-electron chi connectivity index (χ1n) is 8.59. The number of rotatable bonds is 3. The van der Waals surface area contributed by atoms with Crippen LogP contribution in [0.2, 0.25) is 0 Å². The molecule has 0 bridgehead atoms. The number of aromatic nitrogens is 1. The second-order valence-corrected chi connectivity index (χ2v) is 6.86. The second kappa shape index (κ2) is 7.58. The Kier molecular flexibility index (Phi) is 5.41. The molecule has 0 aromatic carbocycles. The number of carbonyl (C=O) groups is 1. The number of esters is 1. The Labute approximate surface area is 153 Å². The van der Waals surface area contributed by atoms with Gasteiger partial charge in [-0.15, -0.1) is 0 Å². The van der Waals surface area contributed by atoms with Gasteiger partial charge in [0.1, 0.15) is 24.1 Å². The van der Waals surface area contributed by atoms with Gasteiger partial charge in [0.15, 0.2) is 0 Å². The molecular formula is C18H24N4O4. The predicted octanol–water partition coefficient (Wildman–Crippen LogP) is 0.583. The zero-order valence-electron chi connectivity index (χ0n) is 15.6. The summed E-state index contributed by atoms with van der Waals surface area (Å²) in [5, 5.41) is 9.51. The summed E-state index contributed by atoms with van der Waals surface area (Å²) in [6.07, 6.45) is -0.122. The highest BCUT2D eigenvalue weighted by atomic mass is 16.6. The molecule has 8 heteroatoms. The van der Waals surface area contributed by atoms with Crippen molar-refractivity contribution in [2.45, 2.75) is 25.2 Å². The lowest BCUT2D eigenvalue weighted by molar-refractivity contribution is -0.00461. The van der Waals surface area contributed by atoms with E-state index in [1.54, 1.807) is 13.0 Å². The molecule has 2 saturated heterocycles. The second-order valence-electron chi connectivity index (χ2n) is 6.86. The SMILES string of the molecule is COC(=O)c1cc(C#N)c(N2C[C@@H]3OCC(N(C)C)CO[C@H]3C2)nc1C. The first kappa shape index (κ1) is 18.6. The number of methoxy groups -OCH3 is 1. The molecule has 2 atom stereocenters. The maximum absolute atomic E-state index is 11.8. The standard InChI is InChI=1S/C18H24N4O4/c1-11-14(18(23)24-4)5-12(6-19)17(20-11)22-7-15-16(8-22)26-10-13(9-25-15)21(2)3/h5,13,15-16H,7-10H2,1-4H3/t15-,16-/m0/s1. The van der Waals surface area contributed by atoms with Gasteiger partial charge >= 0.3 is 5.97 Å². The third-order valence-electron chi connectivity index (χ3n) is 4.97. The number of nitrogens with zero attached hydrogens (tertiary/aromatic N) is 4. The molecular weight excluding hydrogens is 336 g/mol. The number of carbonyl (C=O) groups excluding carboxylic acids is 1. The summed E-state index contributed by atoms with van der Waals surface area (Å²) >= 11 is 0. The maximum atomic E-state index is 11.8. The Hall–Kier alpha value is -2.21. The Bertz CT molecular complexity index is 715. The van der Waals surface area contributed by atoms with E-state index in [0.29, 0.717) is 48.9 Å². The van der Waals surface area contributed by atoms with Crippen LogP contribution in [-0.2, 0) is 14.2 Å². The van der Waals surface area contributed by atoms with E-state index in [1.807, 2.05) is 19.0 Å². The van der Waals surface area contributed by atoms with Gasteiger partial charge < -0.3 is 24.0 Å². The lowest BCUT2D eigenvalue weighted by Gasteiger charge is -2.24. The van der Waals surface area contributed by atoms with Crippen LogP contribution in [0.3, 0.4) is 0 Å². The predicted molar refractivity (Wildman–Crippen MR) is 94.2 cm³/mol. The molecule has 0 radical (unpaired) electrons. The fraction of sp³-hybridized carbons (Fsp3) is 0.611. The minimum absolute atomic E-state index is 0.0612. The van der Waals surface area contributed by atoms with Gasteiger partial charge in [0.2, 0.25) is 0 Å². The fourth-order valence-electron chi connectivity index (χ4n) is 3.29. The molecule has 3 rings (SSSR count). The van der Waals surface area contributed by atoms with Crippen LogP contribution in [0.4, 0.5) is 5.82 Å². The molecule has 1 aromatic rings. The monoisotopic (exact) mass is 360 g/mol. The topological polar surface area (TPSA) is 87.9 Å². The summed E-state index contributed by atoms with van der Waals surface area (Å²) in [4.78, 5) is 20.4. The summed E-state index contributed by atoms with van der Waals surface area (Å²) in [5.74, 6) is 0.0631. The smallest absolute Gasteiger partial charge is 0.339 e. The van der Waals surface area contributed by atoms with Gasteiger partial charge in [-0.05, 0) is 27.1 Å². The highest BCUT2D eigenvalue weighted by Crippen LogP contribution is 2.28. The average Bonchev–Trinajstić information content (AvgIpc) is 2.93. The normalized spacial score (nSPS) is 23.5. The van der Waals surface area contributed by atoms with Crippen LogP contribution in [0.1, 0.15) is 21.6 Å². The van der Waals surface area contributed by atoms with Crippen LogP contribution in [-0.4, -0.2) is 81.6 Å². The van der Waals surface area contributed by atoms with Crippen molar-refractivity contribution in [3.63, 3.8) is 0 Å². The molecule has 3 heterocycles. The zero-order valence-corrected chi connectivity index (χ0v) is 15.6. The molecule has 0 unspecified atom stereocenters. The highest BCUT2D eigenvalue weighted by molar-refractivity contribution is 5.91. The number of pyridine rings is 1. The number of nitriles is 1. The molecule has 1 aromatic heterocycles. The average molecular weight is 360 g/mol. The molecule has 2 aliphatic heterocycles. The molecule has 140 valence electrons. The number of ether oxygens (including phenoxy) is 3. The molecule has 0 spiro atoms. The van der Waals surface area contributed by atoms with Gasteiger partial charge in [-0.3, -0.25) is 0 Å². The van der Waals surface area contributed by atoms with Crippen LogP contribution >= 0.6 is 0 Å².